The van der Waals surface area contributed by atoms with Crippen molar-refractivity contribution in [3.05, 3.63) is 35.4 Å². The van der Waals surface area contributed by atoms with Crippen LogP contribution in [-0.2, 0) is 9.59 Å². The third-order valence-corrected chi connectivity index (χ3v) is 2.14. The summed E-state index contributed by atoms with van der Waals surface area (Å²) in [5.41, 5.74) is 0.335. The molecular formula is C11H10O5. The van der Waals surface area contributed by atoms with Crippen molar-refractivity contribution in [1.29, 1.82) is 0 Å². The van der Waals surface area contributed by atoms with Crippen LogP contribution >= 0.6 is 0 Å². The highest BCUT2D eigenvalue weighted by molar-refractivity contribution is 6.02. The van der Waals surface area contributed by atoms with Crippen LogP contribution in [0.25, 0.3) is 0 Å². The standard InChI is InChI=1S/C11H10O5/c1-6(12)9(11(15)16)7-2-4-8(5-3-7)10(13)14/h2-5,9H,1H3,(H,13,14)(H,15,16). The number of carbonyl (C=O) groups excluding carboxylic acids is 1. The van der Waals surface area contributed by atoms with Crippen molar-refractivity contribution >= 4 is 17.7 Å². The predicted octanol–water partition coefficient (Wildman–Crippen LogP) is 1.14. The van der Waals surface area contributed by atoms with Crippen LogP contribution in [-0.4, -0.2) is 27.9 Å². The van der Waals surface area contributed by atoms with Crippen molar-refractivity contribution in [2.75, 3.05) is 0 Å². The molecule has 0 aliphatic rings. The average Bonchev–Trinajstić information content (AvgIpc) is 2.17. The van der Waals surface area contributed by atoms with Gasteiger partial charge >= 0.3 is 11.9 Å². The smallest absolute Gasteiger partial charge is 0.335 e. The number of ketones is 1. The van der Waals surface area contributed by atoms with Gasteiger partial charge in [-0.05, 0) is 24.6 Å². The van der Waals surface area contributed by atoms with Gasteiger partial charge in [-0.2, -0.15) is 0 Å². The third kappa shape index (κ3) is 2.44. The number of hydrogen-bond donors (Lipinski definition) is 2. The Morgan fingerprint density at radius 2 is 1.56 bits per heavy atom. The number of aliphatic carboxylic acids is 1. The summed E-state index contributed by atoms with van der Waals surface area (Å²) in [6.07, 6.45) is 0. The Kier molecular flexibility index (Phi) is 3.40. The molecule has 1 aromatic rings. The Bertz CT molecular complexity index is 418. The molecule has 0 radical (unpaired) electrons. The molecule has 0 fully saturated rings. The zero-order valence-corrected chi connectivity index (χ0v) is 8.51. The first-order valence-electron chi connectivity index (χ1n) is 4.50. The van der Waals surface area contributed by atoms with Gasteiger partial charge in [-0.1, -0.05) is 12.1 Å². The summed E-state index contributed by atoms with van der Waals surface area (Å²) in [4.78, 5) is 32.5. The monoisotopic (exact) mass is 222 g/mol. The minimum Gasteiger partial charge on any atom is -0.480 e. The zero-order chi connectivity index (χ0) is 12.3. The lowest BCUT2D eigenvalue weighted by molar-refractivity contribution is -0.142. The van der Waals surface area contributed by atoms with E-state index in [9.17, 15) is 14.4 Å². The predicted molar refractivity (Wildman–Crippen MR) is 54.5 cm³/mol. The van der Waals surface area contributed by atoms with Crippen molar-refractivity contribution in [3.8, 4) is 0 Å². The van der Waals surface area contributed by atoms with E-state index in [0.29, 0.717) is 0 Å². The maximum atomic E-state index is 11.1. The second kappa shape index (κ2) is 4.57. The number of hydrogen-bond acceptors (Lipinski definition) is 3. The number of carbonyl (C=O) groups is 3. The molecule has 0 amide bonds. The highest BCUT2D eigenvalue weighted by Crippen LogP contribution is 2.18. The number of aromatic carboxylic acids is 1. The molecule has 1 aromatic carbocycles. The fourth-order valence-electron chi connectivity index (χ4n) is 1.37. The van der Waals surface area contributed by atoms with E-state index < -0.39 is 23.6 Å². The van der Waals surface area contributed by atoms with Gasteiger partial charge in [-0.3, -0.25) is 9.59 Å². The van der Waals surface area contributed by atoms with Crippen molar-refractivity contribution in [2.45, 2.75) is 12.8 Å². The maximum absolute atomic E-state index is 11.1. The number of rotatable bonds is 4. The Balaban J connectivity index is 3.08. The van der Waals surface area contributed by atoms with Gasteiger partial charge in [0.25, 0.3) is 0 Å². The number of Topliss-reactive ketones (excluding diaryl/α,β-unsaturated/α-hetero) is 1. The Hall–Kier alpha value is -2.17. The first-order chi connectivity index (χ1) is 7.43. The van der Waals surface area contributed by atoms with E-state index in [-0.39, 0.29) is 11.1 Å². The molecule has 5 nitrogen and oxygen atoms in total. The van der Waals surface area contributed by atoms with Gasteiger partial charge in [0.15, 0.2) is 0 Å². The van der Waals surface area contributed by atoms with Crippen LogP contribution in [0.15, 0.2) is 24.3 Å². The van der Waals surface area contributed by atoms with Crippen LogP contribution in [0.4, 0.5) is 0 Å². The lowest BCUT2D eigenvalue weighted by atomic mass is 9.95. The molecule has 1 rings (SSSR count). The third-order valence-electron chi connectivity index (χ3n) is 2.14. The van der Waals surface area contributed by atoms with Crippen molar-refractivity contribution in [1.82, 2.24) is 0 Å². The van der Waals surface area contributed by atoms with E-state index in [1.54, 1.807) is 0 Å². The fraction of sp³-hybridized carbons (Fsp3) is 0.182. The molecule has 0 aliphatic heterocycles. The minimum absolute atomic E-state index is 0.0523. The highest BCUT2D eigenvalue weighted by Gasteiger charge is 2.24. The van der Waals surface area contributed by atoms with Crippen LogP contribution in [0.2, 0.25) is 0 Å². The van der Waals surface area contributed by atoms with Crippen molar-refractivity contribution in [2.24, 2.45) is 0 Å². The van der Waals surface area contributed by atoms with E-state index >= 15 is 0 Å². The number of carboxylic acid groups (broad SMARTS) is 2. The van der Waals surface area contributed by atoms with Gasteiger partial charge in [0.1, 0.15) is 11.7 Å². The van der Waals surface area contributed by atoms with Crippen LogP contribution in [0.3, 0.4) is 0 Å². The van der Waals surface area contributed by atoms with Crippen LogP contribution in [0, 0.1) is 0 Å². The number of carboxylic acids is 2. The first-order valence-corrected chi connectivity index (χ1v) is 4.50. The Labute approximate surface area is 91.3 Å². The highest BCUT2D eigenvalue weighted by atomic mass is 16.4. The van der Waals surface area contributed by atoms with E-state index in [2.05, 4.69) is 0 Å². The fourth-order valence-corrected chi connectivity index (χ4v) is 1.37. The largest absolute Gasteiger partial charge is 0.480 e. The maximum Gasteiger partial charge on any atom is 0.335 e. The molecule has 1 unspecified atom stereocenters. The second-order valence-corrected chi connectivity index (χ2v) is 3.31. The lowest BCUT2D eigenvalue weighted by Crippen LogP contribution is -2.19. The molecule has 84 valence electrons. The molecule has 2 N–H and O–H groups in total. The summed E-state index contributed by atoms with van der Waals surface area (Å²) in [6, 6.07) is 5.22. The zero-order valence-electron chi connectivity index (χ0n) is 8.51. The summed E-state index contributed by atoms with van der Waals surface area (Å²) >= 11 is 0. The van der Waals surface area contributed by atoms with Gasteiger partial charge in [0, 0.05) is 0 Å². The van der Waals surface area contributed by atoms with E-state index in [1.807, 2.05) is 0 Å². The van der Waals surface area contributed by atoms with E-state index in [1.165, 1.54) is 31.2 Å². The second-order valence-electron chi connectivity index (χ2n) is 3.31. The van der Waals surface area contributed by atoms with Crippen LogP contribution in [0.1, 0.15) is 28.8 Å². The Morgan fingerprint density at radius 1 is 1.06 bits per heavy atom. The van der Waals surface area contributed by atoms with Crippen molar-refractivity contribution < 1.29 is 24.6 Å². The molecule has 0 saturated carbocycles. The van der Waals surface area contributed by atoms with Gasteiger partial charge < -0.3 is 10.2 Å². The van der Waals surface area contributed by atoms with E-state index in [0.717, 1.165) is 0 Å². The van der Waals surface area contributed by atoms with Gasteiger partial charge in [0.05, 0.1) is 5.56 Å². The molecule has 0 heterocycles. The quantitative estimate of drug-likeness (QED) is 0.745. The van der Waals surface area contributed by atoms with E-state index in [4.69, 9.17) is 10.2 Å². The van der Waals surface area contributed by atoms with Crippen molar-refractivity contribution in [3.63, 3.8) is 0 Å². The molecule has 0 aliphatic carbocycles. The summed E-state index contributed by atoms with van der Waals surface area (Å²) in [6.45, 7) is 1.18. The molecule has 0 spiro atoms. The minimum atomic E-state index is -1.24. The molecule has 0 saturated heterocycles. The van der Waals surface area contributed by atoms with Crippen LogP contribution < -0.4 is 0 Å². The average molecular weight is 222 g/mol. The summed E-state index contributed by atoms with van der Waals surface area (Å²) in [7, 11) is 0. The normalized spacial score (nSPS) is 11.8. The van der Waals surface area contributed by atoms with Gasteiger partial charge in [-0.25, -0.2) is 4.79 Å². The van der Waals surface area contributed by atoms with Gasteiger partial charge in [-0.15, -0.1) is 0 Å². The summed E-state index contributed by atoms with van der Waals surface area (Å²) in [5, 5.41) is 17.5. The molecule has 0 bridgehead atoms. The molecule has 0 aromatic heterocycles. The molecule has 5 heteroatoms. The molecule has 1 atom stereocenters. The molecular weight excluding hydrogens is 212 g/mol. The van der Waals surface area contributed by atoms with Crippen LogP contribution in [0.5, 0.6) is 0 Å². The molecule has 16 heavy (non-hydrogen) atoms. The van der Waals surface area contributed by atoms with Gasteiger partial charge in [0.2, 0.25) is 0 Å². The SMILES string of the molecule is CC(=O)C(C(=O)O)c1ccc(C(=O)O)cc1. The lowest BCUT2D eigenvalue weighted by Gasteiger charge is -2.08. The Morgan fingerprint density at radius 3 is 1.88 bits per heavy atom. The number of benzene rings is 1. The first kappa shape index (κ1) is 11.9. The summed E-state index contributed by atoms with van der Waals surface area (Å²) in [5.74, 6) is -4.06. The summed E-state index contributed by atoms with van der Waals surface area (Å²) < 4.78 is 0. The topological polar surface area (TPSA) is 91.7 Å².